The number of nitrogens with zero attached hydrogens (tertiary/aromatic N) is 1. The Hall–Kier alpha value is -1.06. The molecule has 94 valence electrons. The fourth-order valence-electron chi connectivity index (χ4n) is 2.29. The average Bonchev–Trinajstić information content (AvgIpc) is 2.32. The molecule has 0 spiro atoms. The summed E-state index contributed by atoms with van der Waals surface area (Å²) in [5.41, 5.74) is 9.92. The van der Waals surface area contributed by atoms with Crippen molar-refractivity contribution in [3.05, 3.63) is 29.3 Å². The van der Waals surface area contributed by atoms with Crippen LogP contribution >= 0.6 is 0 Å². The molecule has 0 radical (unpaired) electrons. The van der Waals surface area contributed by atoms with Gasteiger partial charge in [0.05, 0.1) is 13.2 Å². The first-order chi connectivity index (χ1) is 8.16. The Kier molecular flexibility index (Phi) is 4.02. The van der Waals surface area contributed by atoms with Crippen LogP contribution in [0.4, 0.5) is 5.69 Å². The van der Waals surface area contributed by atoms with Crippen molar-refractivity contribution < 1.29 is 4.74 Å². The van der Waals surface area contributed by atoms with E-state index in [0.29, 0.717) is 0 Å². The summed E-state index contributed by atoms with van der Waals surface area (Å²) in [6.45, 7) is 7.81. The van der Waals surface area contributed by atoms with E-state index < -0.39 is 0 Å². The Balaban J connectivity index is 2.25. The van der Waals surface area contributed by atoms with Crippen LogP contribution in [0, 0.1) is 6.92 Å². The van der Waals surface area contributed by atoms with Gasteiger partial charge < -0.3 is 15.4 Å². The Bertz CT molecular complexity index is 370. The predicted octanol–water partition coefficient (Wildman–Crippen LogP) is 1.72. The third-order valence-corrected chi connectivity index (χ3v) is 3.13. The lowest BCUT2D eigenvalue weighted by Gasteiger charge is -2.31. The number of rotatable bonds is 3. The van der Waals surface area contributed by atoms with Gasteiger partial charge >= 0.3 is 0 Å². The molecule has 1 aliphatic rings. The lowest BCUT2D eigenvalue weighted by Crippen LogP contribution is -2.37. The van der Waals surface area contributed by atoms with Crippen molar-refractivity contribution in [2.24, 2.45) is 5.73 Å². The van der Waals surface area contributed by atoms with Crippen molar-refractivity contribution in [1.82, 2.24) is 0 Å². The van der Waals surface area contributed by atoms with Crippen LogP contribution in [0.5, 0.6) is 0 Å². The summed E-state index contributed by atoms with van der Waals surface area (Å²) in [5, 5.41) is 0. The molecule has 2 N–H and O–H groups in total. The minimum atomic E-state index is 0.206. The van der Waals surface area contributed by atoms with Crippen molar-refractivity contribution >= 4 is 5.69 Å². The summed E-state index contributed by atoms with van der Waals surface area (Å²) in [5.74, 6) is 0. The third-order valence-electron chi connectivity index (χ3n) is 3.13. The maximum Gasteiger partial charge on any atom is 0.0642 e. The summed E-state index contributed by atoms with van der Waals surface area (Å²) in [6, 6.07) is 6.85. The number of hydrogen-bond donors (Lipinski definition) is 1. The van der Waals surface area contributed by atoms with Crippen LogP contribution in [-0.2, 0) is 11.2 Å². The van der Waals surface area contributed by atoms with Gasteiger partial charge in [0.15, 0.2) is 0 Å². The lowest BCUT2D eigenvalue weighted by molar-refractivity contribution is 0.122. The summed E-state index contributed by atoms with van der Waals surface area (Å²) >= 11 is 0. The molecule has 1 aliphatic heterocycles. The van der Waals surface area contributed by atoms with Gasteiger partial charge in [-0.25, -0.2) is 0 Å². The van der Waals surface area contributed by atoms with Gasteiger partial charge in [-0.05, 0) is 37.5 Å². The Labute approximate surface area is 104 Å². The molecule has 0 aromatic heterocycles. The first-order valence-corrected chi connectivity index (χ1v) is 6.34. The first-order valence-electron chi connectivity index (χ1n) is 6.34. The van der Waals surface area contributed by atoms with Crippen LogP contribution < -0.4 is 10.6 Å². The Morgan fingerprint density at radius 3 is 2.71 bits per heavy atom. The summed E-state index contributed by atoms with van der Waals surface area (Å²) in [6.07, 6.45) is 0.937. The maximum absolute atomic E-state index is 5.92. The van der Waals surface area contributed by atoms with Crippen molar-refractivity contribution in [2.45, 2.75) is 26.3 Å². The molecule has 2 rings (SSSR count). The molecule has 1 fully saturated rings. The smallest absolute Gasteiger partial charge is 0.0642 e. The van der Waals surface area contributed by atoms with Gasteiger partial charge in [-0.3, -0.25) is 0 Å². The standard InChI is InChI=1S/C14H22N2O/c1-11-3-4-13(10-12(2)15)14(9-11)16-5-7-17-8-6-16/h3-4,9,12H,5-8,10,15H2,1-2H3. The molecule has 0 bridgehead atoms. The molecule has 1 aromatic carbocycles. The summed E-state index contributed by atoms with van der Waals surface area (Å²) in [7, 11) is 0. The molecule has 3 heteroatoms. The highest BCUT2D eigenvalue weighted by atomic mass is 16.5. The molecule has 1 saturated heterocycles. The highest BCUT2D eigenvalue weighted by Gasteiger charge is 2.15. The molecular formula is C14H22N2O. The zero-order valence-corrected chi connectivity index (χ0v) is 10.8. The second kappa shape index (κ2) is 5.52. The van der Waals surface area contributed by atoms with Gasteiger partial charge in [0.2, 0.25) is 0 Å². The highest BCUT2D eigenvalue weighted by molar-refractivity contribution is 5.56. The Morgan fingerprint density at radius 1 is 1.35 bits per heavy atom. The average molecular weight is 234 g/mol. The van der Waals surface area contributed by atoms with E-state index in [4.69, 9.17) is 10.5 Å². The zero-order chi connectivity index (χ0) is 12.3. The van der Waals surface area contributed by atoms with Gasteiger partial charge in [0, 0.05) is 24.8 Å². The van der Waals surface area contributed by atoms with Crippen LogP contribution in [0.1, 0.15) is 18.1 Å². The van der Waals surface area contributed by atoms with E-state index in [9.17, 15) is 0 Å². The minimum Gasteiger partial charge on any atom is -0.378 e. The van der Waals surface area contributed by atoms with E-state index in [-0.39, 0.29) is 6.04 Å². The summed E-state index contributed by atoms with van der Waals surface area (Å²) < 4.78 is 5.41. The van der Waals surface area contributed by atoms with Gasteiger partial charge in [0.1, 0.15) is 0 Å². The van der Waals surface area contributed by atoms with Crippen LogP contribution in [0.25, 0.3) is 0 Å². The molecule has 1 aromatic rings. The molecule has 1 unspecified atom stereocenters. The maximum atomic E-state index is 5.92. The van der Waals surface area contributed by atoms with Gasteiger partial charge in [-0.1, -0.05) is 12.1 Å². The van der Waals surface area contributed by atoms with Crippen LogP contribution in [0.15, 0.2) is 18.2 Å². The van der Waals surface area contributed by atoms with E-state index in [1.54, 1.807) is 0 Å². The molecule has 3 nitrogen and oxygen atoms in total. The Morgan fingerprint density at radius 2 is 2.06 bits per heavy atom. The molecular weight excluding hydrogens is 212 g/mol. The monoisotopic (exact) mass is 234 g/mol. The van der Waals surface area contributed by atoms with Crippen molar-refractivity contribution in [3.63, 3.8) is 0 Å². The largest absolute Gasteiger partial charge is 0.378 e. The van der Waals surface area contributed by atoms with E-state index in [0.717, 1.165) is 32.7 Å². The number of nitrogens with two attached hydrogens (primary N) is 1. The lowest BCUT2D eigenvalue weighted by atomic mass is 10.0. The number of morpholine rings is 1. The van der Waals surface area contributed by atoms with Crippen molar-refractivity contribution in [1.29, 1.82) is 0 Å². The van der Waals surface area contributed by atoms with Crippen LogP contribution in [0.2, 0.25) is 0 Å². The molecule has 0 amide bonds. The fourth-order valence-corrected chi connectivity index (χ4v) is 2.29. The van der Waals surface area contributed by atoms with Gasteiger partial charge in [-0.2, -0.15) is 0 Å². The first kappa shape index (κ1) is 12.4. The fraction of sp³-hybridized carbons (Fsp3) is 0.571. The quantitative estimate of drug-likeness (QED) is 0.865. The van der Waals surface area contributed by atoms with Gasteiger partial charge in [-0.15, -0.1) is 0 Å². The van der Waals surface area contributed by atoms with E-state index in [2.05, 4.69) is 36.9 Å². The highest BCUT2D eigenvalue weighted by Crippen LogP contribution is 2.24. The number of benzene rings is 1. The molecule has 1 heterocycles. The van der Waals surface area contributed by atoms with E-state index in [1.165, 1.54) is 16.8 Å². The molecule has 0 saturated carbocycles. The number of aryl methyl sites for hydroxylation is 1. The predicted molar refractivity (Wildman–Crippen MR) is 71.6 cm³/mol. The number of anilines is 1. The molecule has 17 heavy (non-hydrogen) atoms. The third kappa shape index (κ3) is 3.20. The topological polar surface area (TPSA) is 38.5 Å². The molecule has 0 aliphatic carbocycles. The normalized spacial score (nSPS) is 18.2. The van der Waals surface area contributed by atoms with E-state index in [1.807, 2.05) is 0 Å². The zero-order valence-electron chi connectivity index (χ0n) is 10.8. The van der Waals surface area contributed by atoms with Crippen molar-refractivity contribution in [2.75, 3.05) is 31.2 Å². The van der Waals surface area contributed by atoms with Crippen LogP contribution in [0.3, 0.4) is 0 Å². The number of hydrogen-bond acceptors (Lipinski definition) is 3. The second-order valence-corrected chi connectivity index (χ2v) is 4.91. The van der Waals surface area contributed by atoms with Gasteiger partial charge in [0.25, 0.3) is 0 Å². The molecule has 1 atom stereocenters. The van der Waals surface area contributed by atoms with Crippen molar-refractivity contribution in [3.8, 4) is 0 Å². The van der Waals surface area contributed by atoms with Crippen LogP contribution in [-0.4, -0.2) is 32.3 Å². The number of ether oxygens (including phenoxy) is 1. The minimum absolute atomic E-state index is 0.206. The SMILES string of the molecule is Cc1ccc(CC(C)N)c(N2CCOCC2)c1. The van der Waals surface area contributed by atoms with E-state index >= 15 is 0 Å². The summed E-state index contributed by atoms with van der Waals surface area (Å²) in [4.78, 5) is 2.41. The second-order valence-electron chi connectivity index (χ2n) is 4.91.